The molecule has 0 amide bonds. The normalized spacial score (nSPS) is 17.8. The zero-order valence-corrected chi connectivity index (χ0v) is 19.6. The molecule has 1 saturated carbocycles. The second kappa shape index (κ2) is 13.4. The van der Waals surface area contributed by atoms with E-state index in [2.05, 4.69) is 46.7 Å². The Morgan fingerprint density at radius 1 is 1.07 bits per heavy atom. The average Bonchev–Trinajstić information content (AvgIpc) is 3.52. The lowest BCUT2D eigenvalue weighted by Gasteiger charge is -2.26. The quantitative estimate of drug-likeness (QED) is 0.222. The lowest BCUT2D eigenvalue weighted by Crippen LogP contribution is -2.39. The molecular weight excluding hydrogens is 463 g/mol. The van der Waals surface area contributed by atoms with Crippen molar-refractivity contribution < 1.29 is 4.74 Å². The van der Waals surface area contributed by atoms with Crippen LogP contribution in [0.4, 0.5) is 0 Å². The molecule has 0 unspecified atom stereocenters. The first-order chi connectivity index (χ1) is 13.3. The van der Waals surface area contributed by atoms with E-state index < -0.39 is 0 Å². The molecule has 0 bridgehead atoms. The Hall–Kier alpha value is -0.860. The first-order valence-corrected chi connectivity index (χ1v) is 10.7. The Kier molecular flexibility index (Phi) is 11.2. The molecule has 2 N–H and O–H groups in total. The van der Waals surface area contributed by atoms with Crippen molar-refractivity contribution in [2.24, 2.45) is 10.9 Å². The Morgan fingerprint density at radius 3 is 2.46 bits per heavy atom. The fraction of sp³-hybridized carbons (Fsp3) is 0.682. The molecule has 3 rings (SSSR count). The predicted octanol–water partition coefficient (Wildman–Crippen LogP) is 3.77. The minimum Gasteiger partial charge on any atom is -0.379 e. The van der Waals surface area contributed by atoms with Gasteiger partial charge in [0.2, 0.25) is 0 Å². The summed E-state index contributed by atoms with van der Waals surface area (Å²) in [5.41, 5.74) is 2.65. The van der Waals surface area contributed by atoms with Gasteiger partial charge in [0, 0.05) is 26.2 Å². The Balaban J connectivity index is 0.00000280. The highest BCUT2D eigenvalue weighted by atomic mass is 127. The number of hydrogen-bond donors (Lipinski definition) is 2. The number of nitrogens with zero attached hydrogens (tertiary/aromatic N) is 2. The van der Waals surface area contributed by atoms with Crippen molar-refractivity contribution in [2.75, 3.05) is 39.4 Å². The standard InChI is InChI=1S/C22H36N4O.HI/c1-2-23-22(24-12-15-27-18-21-10-11-21)25-16-19-6-8-20(9-7-19)17-26-13-4-3-5-14-26;/h6-9,21H,2-5,10-18H2,1H3,(H2,23,24,25);1H. The summed E-state index contributed by atoms with van der Waals surface area (Å²) in [5, 5.41) is 6.66. The van der Waals surface area contributed by atoms with Gasteiger partial charge in [-0.05, 0) is 62.7 Å². The third-order valence-corrected chi connectivity index (χ3v) is 5.23. The number of hydrogen-bond acceptors (Lipinski definition) is 3. The van der Waals surface area contributed by atoms with Gasteiger partial charge in [0.25, 0.3) is 0 Å². The zero-order chi connectivity index (χ0) is 18.7. The predicted molar refractivity (Wildman–Crippen MR) is 127 cm³/mol. The SMILES string of the molecule is CCNC(=NCc1ccc(CN2CCCCC2)cc1)NCCOCC1CC1.I. The summed E-state index contributed by atoms with van der Waals surface area (Å²) in [6, 6.07) is 8.94. The van der Waals surface area contributed by atoms with Crippen LogP contribution in [0.25, 0.3) is 0 Å². The monoisotopic (exact) mass is 500 g/mol. The van der Waals surface area contributed by atoms with Gasteiger partial charge in [0.15, 0.2) is 5.96 Å². The lowest BCUT2D eigenvalue weighted by atomic mass is 10.1. The van der Waals surface area contributed by atoms with Gasteiger partial charge in [-0.1, -0.05) is 30.7 Å². The molecule has 1 saturated heterocycles. The van der Waals surface area contributed by atoms with E-state index in [0.717, 1.165) is 44.7 Å². The van der Waals surface area contributed by atoms with Gasteiger partial charge in [-0.3, -0.25) is 4.90 Å². The van der Waals surface area contributed by atoms with Crippen molar-refractivity contribution in [3.05, 3.63) is 35.4 Å². The average molecular weight is 500 g/mol. The van der Waals surface area contributed by atoms with E-state index in [0.29, 0.717) is 6.54 Å². The largest absolute Gasteiger partial charge is 0.379 e. The Bertz CT molecular complexity index is 568. The van der Waals surface area contributed by atoms with Crippen molar-refractivity contribution in [3.63, 3.8) is 0 Å². The van der Waals surface area contributed by atoms with Crippen LogP contribution in [0.15, 0.2) is 29.3 Å². The van der Waals surface area contributed by atoms with Gasteiger partial charge in [0.1, 0.15) is 0 Å². The number of likely N-dealkylation sites (tertiary alicyclic amines) is 1. The van der Waals surface area contributed by atoms with Gasteiger partial charge >= 0.3 is 0 Å². The van der Waals surface area contributed by atoms with Gasteiger partial charge in [0.05, 0.1) is 13.2 Å². The number of ether oxygens (including phenoxy) is 1. The van der Waals surface area contributed by atoms with E-state index in [1.165, 1.54) is 56.3 Å². The molecule has 0 radical (unpaired) electrons. The van der Waals surface area contributed by atoms with Crippen LogP contribution in [-0.2, 0) is 17.8 Å². The maximum absolute atomic E-state index is 5.68. The van der Waals surface area contributed by atoms with Crippen molar-refractivity contribution in [2.45, 2.75) is 52.1 Å². The molecule has 158 valence electrons. The number of nitrogens with one attached hydrogen (secondary N) is 2. The second-order valence-electron chi connectivity index (χ2n) is 7.79. The van der Waals surface area contributed by atoms with E-state index >= 15 is 0 Å². The van der Waals surface area contributed by atoms with Crippen LogP contribution in [0.3, 0.4) is 0 Å². The number of rotatable bonds is 10. The minimum absolute atomic E-state index is 0. The topological polar surface area (TPSA) is 48.9 Å². The summed E-state index contributed by atoms with van der Waals surface area (Å²) in [7, 11) is 0. The van der Waals surface area contributed by atoms with Gasteiger partial charge < -0.3 is 15.4 Å². The van der Waals surface area contributed by atoms with E-state index in [1.54, 1.807) is 0 Å². The van der Waals surface area contributed by atoms with Crippen molar-refractivity contribution in [3.8, 4) is 0 Å². The highest BCUT2D eigenvalue weighted by Crippen LogP contribution is 2.28. The molecule has 1 aliphatic carbocycles. The molecule has 1 aromatic carbocycles. The van der Waals surface area contributed by atoms with Crippen molar-refractivity contribution in [1.82, 2.24) is 15.5 Å². The highest BCUT2D eigenvalue weighted by molar-refractivity contribution is 14.0. The zero-order valence-electron chi connectivity index (χ0n) is 17.3. The maximum Gasteiger partial charge on any atom is 0.191 e. The van der Waals surface area contributed by atoms with Crippen LogP contribution in [0.2, 0.25) is 0 Å². The molecule has 0 spiro atoms. The molecular formula is C22H37IN4O. The second-order valence-corrected chi connectivity index (χ2v) is 7.79. The highest BCUT2D eigenvalue weighted by Gasteiger charge is 2.20. The first-order valence-electron chi connectivity index (χ1n) is 10.7. The van der Waals surface area contributed by atoms with Crippen molar-refractivity contribution >= 4 is 29.9 Å². The fourth-order valence-electron chi connectivity index (χ4n) is 3.41. The molecule has 0 atom stereocenters. The molecule has 5 nitrogen and oxygen atoms in total. The summed E-state index contributed by atoms with van der Waals surface area (Å²) in [6.07, 6.45) is 6.77. The first kappa shape index (κ1) is 23.4. The van der Waals surface area contributed by atoms with E-state index in [4.69, 9.17) is 9.73 Å². The Labute approximate surface area is 187 Å². The Morgan fingerprint density at radius 2 is 1.79 bits per heavy atom. The minimum atomic E-state index is 0. The molecule has 28 heavy (non-hydrogen) atoms. The molecule has 2 aliphatic rings. The van der Waals surface area contributed by atoms with Gasteiger partial charge in [-0.15, -0.1) is 24.0 Å². The molecule has 2 fully saturated rings. The van der Waals surface area contributed by atoms with E-state index in [-0.39, 0.29) is 24.0 Å². The third-order valence-electron chi connectivity index (χ3n) is 5.23. The van der Waals surface area contributed by atoms with Crippen LogP contribution in [0.1, 0.15) is 50.2 Å². The van der Waals surface area contributed by atoms with Crippen LogP contribution < -0.4 is 10.6 Å². The summed E-state index contributed by atoms with van der Waals surface area (Å²) < 4.78 is 5.68. The van der Waals surface area contributed by atoms with Crippen LogP contribution in [-0.4, -0.2) is 50.3 Å². The summed E-state index contributed by atoms with van der Waals surface area (Å²) >= 11 is 0. The molecule has 1 aliphatic heterocycles. The summed E-state index contributed by atoms with van der Waals surface area (Å²) in [4.78, 5) is 7.27. The molecule has 1 heterocycles. The summed E-state index contributed by atoms with van der Waals surface area (Å²) in [6.45, 7) is 9.68. The van der Waals surface area contributed by atoms with Crippen LogP contribution in [0, 0.1) is 5.92 Å². The maximum atomic E-state index is 5.68. The van der Waals surface area contributed by atoms with Crippen LogP contribution >= 0.6 is 24.0 Å². The smallest absolute Gasteiger partial charge is 0.191 e. The third kappa shape index (κ3) is 9.09. The van der Waals surface area contributed by atoms with Crippen LogP contribution in [0.5, 0.6) is 0 Å². The number of aliphatic imine (C=N–C) groups is 1. The molecule has 0 aromatic heterocycles. The lowest BCUT2D eigenvalue weighted by molar-refractivity contribution is 0.129. The number of benzene rings is 1. The van der Waals surface area contributed by atoms with Gasteiger partial charge in [-0.2, -0.15) is 0 Å². The number of guanidine groups is 1. The van der Waals surface area contributed by atoms with E-state index in [9.17, 15) is 0 Å². The van der Waals surface area contributed by atoms with E-state index in [1.807, 2.05) is 0 Å². The summed E-state index contributed by atoms with van der Waals surface area (Å²) in [5.74, 6) is 1.69. The fourth-order valence-corrected chi connectivity index (χ4v) is 3.41. The van der Waals surface area contributed by atoms with Gasteiger partial charge in [-0.25, -0.2) is 4.99 Å². The molecule has 1 aromatic rings. The number of halogens is 1. The van der Waals surface area contributed by atoms with Crippen molar-refractivity contribution in [1.29, 1.82) is 0 Å². The number of piperidine rings is 1. The molecule has 6 heteroatoms.